The molecular formula is C24H30ClFN2O3. The number of fused-ring (bicyclic) bond motifs is 1. The molecule has 2 aromatic carbocycles. The van der Waals surface area contributed by atoms with Crippen molar-refractivity contribution in [1.29, 1.82) is 0 Å². The number of ether oxygens (including phenoxy) is 2. The maximum absolute atomic E-state index is 14.1. The average Bonchev–Trinajstić information content (AvgIpc) is 3.21. The van der Waals surface area contributed by atoms with E-state index in [2.05, 4.69) is 23.5 Å². The summed E-state index contributed by atoms with van der Waals surface area (Å²) in [7, 11) is 1.65. The van der Waals surface area contributed by atoms with Gasteiger partial charge in [0.15, 0.2) is 17.1 Å². The summed E-state index contributed by atoms with van der Waals surface area (Å²) in [6.45, 7) is 4.58. The molecule has 2 heterocycles. The normalized spacial score (nSPS) is 14.4. The van der Waals surface area contributed by atoms with Crippen LogP contribution in [0.4, 0.5) is 4.39 Å². The zero-order valence-corrected chi connectivity index (χ0v) is 18.9. The summed E-state index contributed by atoms with van der Waals surface area (Å²) in [6.07, 6.45) is 4.45. The van der Waals surface area contributed by atoms with Crippen LogP contribution in [-0.2, 0) is 12.8 Å². The minimum Gasteiger partial charge on any atom is -0.493 e. The Balaban J connectivity index is 0.00000272. The lowest BCUT2D eigenvalue weighted by atomic mass is 9.90. The third-order valence-electron chi connectivity index (χ3n) is 5.86. The summed E-state index contributed by atoms with van der Waals surface area (Å²) in [5.74, 6) is 1.55. The molecule has 1 aromatic heterocycles. The number of aromatic nitrogens is 1. The Labute approximate surface area is 188 Å². The zero-order valence-electron chi connectivity index (χ0n) is 18.1. The van der Waals surface area contributed by atoms with E-state index in [4.69, 9.17) is 14.0 Å². The molecule has 1 saturated heterocycles. The van der Waals surface area contributed by atoms with Gasteiger partial charge in [-0.3, -0.25) is 0 Å². The average molecular weight is 449 g/mol. The fraction of sp³-hybridized carbons (Fsp3) is 0.458. The van der Waals surface area contributed by atoms with E-state index in [9.17, 15) is 4.39 Å². The van der Waals surface area contributed by atoms with Gasteiger partial charge in [-0.15, -0.1) is 12.4 Å². The van der Waals surface area contributed by atoms with Crippen molar-refractivity contribution in [2.75, 3.05) is 26.8 Å². The van der Waals surface area contributed by atoms with Gasteiger partial charge in [0.05, 0.1) is 19.4 Å². The van der Waals surface area contributed by atoms with Crippen molar-refractivity contribution in [3.8, 4) is 11.5 Å². The Morgan fingerprint density at radius 2 is 1.97 bits per heavy atom. The summed E-state index contributed by atoms with van der Waals surface area (Å²) in [4.78, 5) is 0. The SMILES string of the molecule is CCc1ccc(OCCCc2cc(F)cc3onc(C4CCNCC4)c23)c(OC)c1.Cl. The second kappa shape index (κ2) is 10.8. The molecule has 1 fully saturated rings. The zero-order chi connectivity index (χ0) is 20.9. The first kappa shape index (κ1) is 23.4. The van der Waals surface area contributed by atoms with Gasteiger partial charge in [-0.1, -0.05) is 18.1 Å². The summed E-state index contributed by atoms with van der Waals surface area (Å²) in [6, 6.07) is 9.06. The van der Waals surface area contributed by atoms with Gasteiger partial charge in [-0.25, -0.2) is 4.39 Å². The Bertz CT molecular complexity index is 1000. The van der Waals surface area contributed by atoms with E-state index < -0.39 is 0 Å². The van der Waals surface area contributed by atoms with Crippen molar-refractivity contribution >= 4 is 23.4 Å². The molecule has 0 saturated carbocycles. The van der Waals surface area contributed by atoms with E-state index >= 15 is 0 Å². The molecule has 1 aliphatic rings. The molecule has 31 heavy (non-hydrogen) atoms. The van der Waals surface area contributed by atoms with Crippen LogP contribution in [0, 0.1) is 5.82 Å². The summed E-state index contributed by atoms with van der Waals surface area (Å²) in [5.41, 5.74) is 3.66. The van der Waals surface area contributed by atoms with Crippen molar-refractivity contribution < 1.29 is 18.4 Å². The Morgan fingerprint density at radius 3 is 2.71 bits per heavy atom. The fourth-order valence-electron chi connectivity index (χ4n) is 4.21. The minimum absolute atomic E-state index is 0. The molecule has 1 N–H and O–H groups in total. The quantitative estimate of drug-likeness (QED) is 0.465. The lowest BCUT2D eigenvalue weighted by Gasteiger charge is -2.21. The van der Waals surface area contributed by atoms with Gasteiger partial charge in [0.25, 0.3) is 0 Å². The smallest absolute Gasteiger partial charge is 0.170 e. The van der Waals surface area contributed by atoms with Crippen LogP contribution in [0.2, 0.25) is 0 Å². The van der Waals surface area contributed by atoms with Crippen LogP contribution < -0.4 is 14.8 Å². The lowest BCUT2D eigenvalue weighted by Crippen LogP contribution is -2.26. The number of nitrogens with zero attached hydrogens (tertiary/aromatic N) is 1. The molecule has 0 spiro atoms. The number of piperidine rings is 1. The van der Waals surface area contributed by atoms with E-state index in [-0.39, 0.29) is 18.2 Å². The first-order chi connectivity index (χ1) is 14.7. The number of halogens is 2. The highest BCUT2D eigenvalue weighted by Crippen LogP contribution is 2.34. The molecule has 168 valence electrons. The molecule has 0 atom stereocenters. The minimum atomic E-state index is -0.289. The number of hydrogen-bond acceptors (Lipinski definition) is 5. The van der Waals surface area contributed by atoms with Gasteiger partial charge in [0.2, 0.25) is 0 Å². The summed E-state index contributed by atoms with van der Waals surface area (Å²) >= 11 is 0. The lowest BCUT2D eigenvalue weighted by molar-refractivity contribution is 0.289. The first-order valence-electron chi connectivity index (χ1n) is 10.8. The summed E-state index contributed by atoms with van der Waals surface area (Å²) in [5, 5.41) is 8.68. The number of benzene rings is 2. The Morgan fingerprint density at radius 1 is 1.16 bits per heavy atom. The predicted molar refractivity (Wildman–Crippen MR) is 122 cm³/mol. The molecule has 1 aliphatic heterocycles. The fourth-order valence-corrected chi connectivity index (χ4v) is 4.21. The van der Waals surface area contributed by atoms with Gasteiger partial charge in [0, 0.05) is 17.4 Å². The molecule has 0 aliphatic carbocycles. The second-order valence-corrected chi connectivity index (χ2v) is 7.82. The molecular weight excluding hydrogens is 419 g/mol. The first-order valence-corrected chi connectivity index (χ1v) is 10.8. The van der Waals surface area contributed by atoms with Crippen LogP contribution in [0.15, 0.2) is 34.9 Å². The predicted octanol–water partition coefficient (Wildman–Crippen LogP) is 5.44. The van der Waals surface area contributed by atoms with Crippen molar-refractivity contribution in [2.45, 2.75) is 44.9 Å². The molecule has 7 heteroatoms. The molecule has 0 amide bonds. The van der Waals surface area contributed by atoms with Crippen LogP contribution in [-0.4, -0.2) is 32.0 Å². The van der Waals surface area contributed by atoms with Crippen LogP contribution in [0.5, 0.6) is 11.5 Å². The standard InChI is InChI=1S/C24H29FN2O3.ClH/c1-3-16-6-7-20(21(13-16)28-2)29-12-4-5-18-14-19(25)15-22-23(18)24(27-30-22)17-8-10-26-11-9-17;/h6-7,13-15,17,26H,3-5,8-12H2,1-2H3;1H. The van der Waals surface area contributed by atoms with E-state index in [0.717, 1.165) is 66.9 Å². The molecule has 0 bridgehead atoms. The van der Waals surface area contributed by atoms with Crippen molar-refractivity contribution in [3.63, 3.8) is 0 Å². The van der Waals surface area contributed by atoms with Gasteiger partial charge < -0.3 is 19.3 Å². The topological polar surface area (TPSA) is 56.5 Å². The van der Waals surface area contributed by atoms with E-state index in [1.807, 2.05) is 12.1 Å². The number of aryl methyl sites for hydroxylation is 2. The molecule has 0 radical (unpaired) electrons. The molecule has 3 aromatic rings. The third kappa shape index (κ3) is 5.31. The molecule has 5 nitrogen and oxygen atoms in total. The van der Waals surface area contributed by atoms with Gasteiger partial charge in [-0.05, 0) is 74.5 Å². The third-order valence-corrected chi connectivity index (χ3v) is 5.86. The maximum Gasteiger partial charge on any atom is 0.170 e. The Hall–Kier alpha value is -2.31. The number of methoxy groups -OCH3 is 1. The number of hydrogen-bond donors (Lipinski definition) is 1. The van der Waals surface area contributed by atoms with Crippen LogP contribution in [0.1, 0.15) is 48.9 Å². The summed E-state index contributed by atoms with van der Waals surface area (Å²) < 4.78 is 31.0. The number of nitrogens with one attached hydrogen (secondary N) is 1. The monoisotopic (exact) mass is 448 g/mol. The highest BCUT2D eigenvalue weighted by Gasteiger charge is 2.23. The van der Waals surface area contributed by atoms with E-state index in [1.165, 1.54) is 11.6 Å². The highest BCUT2D eigenvalue weighted by molar-refractivity contribution is 5.85. The van der Waals surface area contributed by atoms with Gasteiger partial charge in [0.1, 0.15) is 5.82 Å². The van der Waals surface area contributed by atoms with Gasteiger partial charge in [-0.2, -0.15) is 0 Å². The number of rotatable bonds is 8. The van der Waals surface area contributed by atoms with Crippen LogP contribution >= 0.6 is 12.4 Å². The highest BCUT2D eigenvalue weighted by atomic mass is 35.5. The second-order valence-electron chi connectivity index (χ2n) is 7.82. The van der Waals surface area contributed by atoms with Crippen molar-refractivity contribution in [1.82, 2.24) is 10.5 Å². The van der Waals surface area contributed by atoms with E-state index in [0.29, 0.717) is 24.5 Å². The molecule has 0 unspecified atom stereocenters. The molecule has 4 rings (SSSR count). The van der Waals surface area contributed by atoms with Crippen LogP contribution in [0.3, 0.4) is 0 Å². The Kier molecular flexibility index (Phi) is 8.15. The van der Waals surface area contributed by atoms with E-state index in [1.54, 1.807) is 13.2 Å². The van der Waals surface area contributed by atoms with Crippen molar-refractivity contribution in [3.05, 3.63) is 53.0 Å². The maximum atomic E-state index is 14.1. The van der Waals surface area contributed by atoms with Crippen LogP contribution in [0.25, 0.3) is 11.0 Å². The van der Waals surface area contributed by atoms with Gasteiger partial charge >= 0.3 is 0 Å². The largest absolute Gasteiger partial charge is 0.493 e. The van der Waals surface area contributed by atoms with Crippen molar-refractivity contribution in [2.24, 2.45) is 0 Å².